The fourth-order valence-corrected chi connectivity index (χ4v) is 2.86. The first-order valence-electron chi connectivity index (χ1n) is 5.96. The number of nitrogens with two attached hydrogens (primary N) is 2. The van der Waals surface area contributed by atoms with Crippen LogP contribution in [-0.4, -0.2) is 27.8 Å². The van der Waals surface area contributed by atoms with Crippen LogP contribution in [0.5, 0.6) is 0 Å². The molecule has 0 saturated heterocycles. The van der Waals surface area contributed by atoms with Gasteiger partial charge >= 0.3 is 5.97 Å². The van der Waals surface area contributed by atoms with Gasteiger partial charge in [0.05, 0.1) is 16.5 Å². The molecule has 0 aliphatic rings. The quantitative estimate of drug-likeness (QED) is 0.426. The van der Waals surface area contributed by atoms with Gasteiger partial charge in [-0.3, -0.25) is 4.79 Å². The maximum atomic E-state index is 12.1. The van der Waals surface area contributed by atoms with Crippen molar-refractivity contribution >= 4 is 39.7 Å². The first kappa shape index (κ1) is 14.7. The van der Waals surface area contributed by atoms with Crippen LogP contribution in [0.25, 0.3) is 10.2 Å². The zero-order chi connectivity index (χ0) is 15.6. The molecule has 0 aromatic carbocycles. The molecule has 0 fully saturated rings. The molecule has 0 aliphatic carbocycles. The Morgan fingerprint density at radius 1 is 1.52 bits per heavy atom. The highest BCUT2D eigenvalue weighted by atomic mass is 32.1. The zero-order valence-corrected chi connectivity index (χ0v) is 11.9. The molecule has 0 bridgehead atoms. The Morgan fingerprint density at radius 2 is 2.24 bits per heavy atom. The maximum absolute atomic E-state index is 12.1. The van der Waals surface area contributed by atoms with Crippen LogP contribution < -0.4 is 16.9 Å². The smallest absolute Gasteiger partial charge is 0.341 e. The minimum Gasteiger partial charge on any atom is -0.477 e. The van der Waals surface area contributed by atoms with Crippen molar-refractivity contribution in [1.29, 1.82) is 0 Å². The van der Waals surface area contributed by atoms with E-state index in [0.717, 1.165) is 0 Å². The van der Waals surface area contributed by atoms with Gasteiger partial charge in [-0.15, -0.1) is 16.4 Å². The van der Waals surface area contributed by atoms with Crippen LogP contribution in [0, 0.1) is 0 Å². The fourth-order valence-electron chi connectivity index (χ4n) is 1.80. The van der Waals surface area contributed by atoms with Crippen molar-refractivity contribution in [2.24, 2.45) is 21.7 Å². The molecule has 2 aromatic heterocycles. The summed E-state index contributed by atoms with van der Waals surface area (Å²) in [5.41, 5.74) is 9.54. The Labute approximate surface area is 123 Å². The summed E-state index contributed by atoms with van der Waals surface area (Å²) in [5.74, 6) is -1.42. The highest BCUT2D eigenvalue weighted by Crippen LogP contribution is 2.23. The van der Waals surface area contributed by atoms with Gasteiger partial charge in [-0.1, -0.05) is 0 Å². The van der Waals surface area contributed by atoms with E-state index in [-0.39, 0.29) is 11.5 Å². The third-order valence-electron chi connectivity index (χ3n) is 2.70. The van der Waals surface area contributed by atoms with Crippen molar-refractivity contribution in [3.05, 3.63) is 32.9 Å². The minimum atomic E-state index is -1.24. The molecule has 0 spiro atoms. The summed E-state index contributed by atoms with van der Waals surface area (Å²) in [6.07, 6.45) is 2.75. The van der Waals surface area contributed by atoms with Crippen LogP contribution in [-0.2, 0) is 6.54 Å². The molecule has 0 atom stereocenters. The molecule has 110 valence electrons. The number of guanidine groups is 1. The van der Waals surface area contributed by atoms with Gasteiger partial charge in [0.2, 0.25) is 11.4 Å². The third kappa shape index (κ3) is 2.92. The van der Waals surface area contributed by atoms with Crippen LogP contribution in [0.4, 0.5) is 0 Å². The molecule has 0 radical (unpaired) electrons. The van der Waals surface area contributed by atoms with E-state index >= 15 is 0 Å². The zero-order valence-electron chi connectivity index (χ0n) is 11.1. The third-order valence-corrected chi connectivity index (χ3v) is 3.80. The predicted octanol–water partition coefficient (Wildman–Crippen LogP) is 0.388. The lowest BCUT2D eigenvalue weighted by Crippen LogP contribution is -2.21. The summed E-state index contributed by atoms with van der Waals surface area (Å²) in [6, 6.07) is 1.58. The number of nitrogens with zero attached hydrogens (tertiary/aromatic N) is 3. The normalized spacial score (nSPS) is 11.1. The lowest BCUT2D eigenvalue weighted by atomic mass is 10.2. The number of carbonyl (C=O) groups is 1. The largest absolute Gasteiger partial charge is 0.477 e. The van der Waals surface area contributed by atoms with E-state index in [4.69, 9.17) is 16.6 Å². The van der Waals surface area contributed by atoms with Crippen LogP contribution in [0.1, 0.15) is 22.2 Å². The summed E-state index contributed by atoms with van der Waals surface area (Å²) < 4.78 is 1.71. The van der Waals surface area contributed by atoms with Gasteiger partial charge in [-0.2, -0.15) is 5.10 Å². The molecule has 8 nitrogen and oxygen atoms in total. The second kappa shape index (κ2) is 5.75. The predicted molar refractivity (Wildman–Crippen MR) is 82.1 cm³/mol. The number of hydrogen-bond donors (Lipinski definition) is 3. The standard InChI is InChI=1S/C12H13N5O3S/c1-2-17-5-8(11(19)20)9(18)7-3-6(21-10(7)17)4-15-16-12(13)14/h3-5H,2H2,1H3,(H,19,20)(H4,13,14,16)/b15-4+. The number of pyridine rings is 1. The Morgan fingerprint density at radius 3 is 2.81 bits per heavy atom. The second-order valence-corrected chi connectivity index (χ2v) is 5.16. The highest BCUT2D eigenvalue weighted by molar-refractivity contribution is 7.20. The van der Waals surface area contributed by atoms with Gasteiger partial charge < -0.3 is 21.1 Å². The SMILES string of the molecule is CCn1cc(C(=O)O)c(=O)c2cc(/C=N/N=C(N)N)sc21. The van der Waals surface area contributed by atoms with Crippen LogP contribution in [0.15, 0.2) is 27.3 Å². The van der Waals surface area contributed by atoms with Crippen molar-refractivity contribution in [2.75, 3.05) is 0 Å². The van der Waals surface area contributed by atoms with Gasteiger partial charge in [0.15, 0.2) is 0 Å². The molecular formula is C12H13N5O3S. The van der Waals surface area contributed by atoms with Gasteiger partial charge in [0, 0.05) is 12.7 Å². The average Bonchev–Trinajstić information content (AvgIpc) is 2.83. The number of fused-ring (bicyclic) bond motifs is 1. The minimum absolute atomic E-state index is 0.173. The lowest BCUT2D eigenvalue weighted by Gasteiger charge is -2.05. The first-order chi connectivity index (χ1) is 9.93. The molecule has 2 aromatic rings. The van der Waals surface area contributed by atoms with Crippen molar-refractivity contribution in [3.8, 4) is 0 Å². The molecule has 21 heavy (non-hydrogen) atoms. The molecule has 0 unspecified atom stereocenters. The average molecular weight is 307 g/mol. The molecule has 2 heterocycles. The number of rotatable bonds is 4. The summed E-state index contributed by atoms with van der Waals surface area (Å²) in [7, 11) is 0. The van der Waals surface area contributed by atoms with Gasteiger partial charge in [0.25, 0.3) is 0 Å². The second-order valence-electron chi connectivity index (χ2n) is 4.10. The van der Waals surface area contributed by atoms with Crippen molar-refractivity contribution in [3.63, 3.8) is 0 Å². The number of hydrogen-bond acceptors (Lipinski definition) is 5. The van der Waals surface area contributed by atoms with E-state index in [1.807, 2.05) is 6.92 Å². The highest BCUT2D eigenvalue weighted by Gasteiger charge is 2.16. The summed E-state index contributed by atoms with van der Waals surface area (Å²) in [4.78, 5) is 24.6. The van der Waals surface area contributed by atoms with Crippen LogP contribution in [0.2, 0.25) is 0 Å². The number of thiophene rings is 1. The maximum Gasteiger partial charge on any atom is 0.341 e. The van der Waals surface area contributed by atoms with E-state index in [9.17, 15) is 9.59 Å². The number of aromatic carboxylic acids is 1. The van der Waals surface area contributed by atoms with Gasteiger partial charge in [-0.25, -0.2) is 4.79 Å². The summed E-state index contributed by atoms with van der Waals surface area (Å²) in [6.45, 7) is 2.41. The monoisotopic (exact) mass is 307 g/mol. The molecule has 2 rings (SSSR count). The Balaban J connectivity index is 2.64. The van der Waals surface area contributed by atoms with E-state index in [1.165, 1.54) is 23.7 Å². The molecule has 0 saturated carbocycles. The number of carboxylic acid groups (broad SMARTS) is 1. The number of carboxylic acids is 1. The Hall–Kier alpha value is -2.68. The molecule has 5 N–H and O–H groups in total. The summed E-state index contributed by atoms with van der Waals surface area (Å²) >= 11 is 1.30. The van der Waals surface area contributed by atoms with Crippen molar-refractivity contribution < 1.29 is 9.90 Å². The van der Waals surface area contributed by atoms with E-state index < -0.39 is 11.4 Å². The molecule has 0 amide bonds. The molecule has 9 heteroatoms. The Kier molecular flexibility index (Phi) is 4.03. The lowest BCUT2D eigenvalue weighted by molar-refractivity contribution is 0.0695. The van der Waals surface area contributed by atoms with Crippen molar-refractivity contribution in [1.82, 2.24) is 4.57 Å². The topological polar surface area (TPSA) is 136 Å². The van der Waals surface area contributed by atoms with E-state index in [0.29, 0.717) is 21.6 Å². The first-order valence-corrected chi connectivity index (χ1v) is 6.78. The molecular weight excluding hydrogens is 294 g/mol. The van der Waals surface area contributed by atoms with Gasteiger partial charge in [0.1, 0.15) is 10.4 Å². The summed E-state index contributed by atoms with van der Waals surface area (Å²) in [5, 5.41) is 16.6. The van der Waals surface area contributed by atoms with Crippen molar-refractivity contribution in [2.45, 2.75) is 13.5 Å². The van der Waals surface area contributed by atoms with Crippen LogP contribution in [0.3, 0.4) is 0 Å². The van der Waals surface area contributed by atoms with E-state index in [1.54, 1.807) is 10.6 Å². The van der Waals surface area contributed by atoms with Gasteiger partial charge in [-0.05, 0) is 13.0 Å². The Bertz CT molecular complexity index is 814. The fraction of sp³-hybridized carbons (Fsp3) is 0.167. The van der Waals surface area contributed by atoms with Crippen LogP contribution >= 0.6 is 11.3 Å². The number of aromatic nitrogens is 1. The molecule has 0 aliphatic heterocycles. The van der Waals surface area contributed by atoms with E-state index in [2.05, 4.69) is 10.2 Å². The number of aryl methyl sites for hydroxylation is 1.